The molecule has 0 aliphatic carbocycles. The van der Waals surface area contributed by atoms with Crippen LogP contribution in [0.5, 0.6) is 0 Å². The molecular formula is C17H16N2O5. The molecule has 1 aromatic rings. The fourth-order valence-corrected chi connectivity index (χ4v) is 1.79. The summed E-state index contributed by atoms with van der Waals surface area (Å²) in [6.45, 7) is 0.0307. The summed E-state index contributed by atoms with van der Waals surface area (Å²) in [5, 5.41) is 10.4. The largest absolute Gasteiger partial charge is 0.464 e. The van der Waals surface area contributed by atoms with Crippen molar-refractivity contribution < 1.29 is 24.3 Å². The van der Waals surface area contributed by atoms with Gasteiger partial charge in [0.25, 0.3) is 0 Å². The molecule has 2 rings (SSSR count). The number of allylic oxidation sites excluding steroid dienone is 3. The molecule has 0 bridgehead atoms. The van der Waals surface area contributed by atoms with Gasteiger partial charge in [0.1, 0.15) is 6.61 Å². The number of hydroxylamine groups is 2. The first-order valence-corrected chi connectivity index (χ1v) is 7.02. The smallest absolute Gasteiger partial charge is 0.434 e. The Kier molecular flexibility index (Phi) is 6.04. The zero-order valence-corrected chi connectivity index (χ0v) is 13.0. The third-order valence-electron chi connectivity index (χ3n) is 2.97. The number of carbonyl (C=O) groups is 2. The van der Waals surface area contributed by atoms with Crippen LogP contribution in [0.25, 0.3) is 0 Å². The van der Waals surface area contributed by atoms with E-state index in [2.05, 4.69) is 9.73 Å². The molecule has 7 heteroatoms. The lowest BCUT2D eigenvalue weighted by Gasteiger charge is -2.15. The van der Waals surface area contributed by atoms with E-state index in [0.717, 1.165) is 10.6 Å². The van der Waals surface area contributed by atoms with Gasteiger partial charge in [0.15, 0.2) is 5.71 Å². The van der Waals surface area contributed by atoms with Crippen molar-refractivity contribution in [1.29, 1.82) is 0 Å². The molecule has 0 radical (unpaired) electrons. The molecule has 1 heterocycles. The summed E-state index contributed by atoms with van der Waals surface area (Å²) in [5.41, 5.74) is 0.753. The van der Waals surface area contributed by atoms with E-state index in [1.54, 1.807) is 24.3 Å². The molecule has 7 nitrogen and oxygen atoms in total. The maximum atomic E-state index is 11.8. The van der Waals surface area contributed by atoms with Crippen LogP contribution < -0.4 is 0 Å². The lowest BCUT2D eigenvalue weighted by molar-refractivity contribution is -0.132. The summed E-state index contributed by atoms with van der Waals surface area (Å²) in [6.07, 6.45) is 6.44. The summed E-state index contributed by atoms with van der Waals surface area (Å²) >= 11 is 0. The minimum absolute atomic E-state index is 0.0307. The number of ether oxygens (including phenoxy) is 2. The number of benzene rings is 1. The molecule has 0 fully saturated rings. The van der Waals surface area contributed by atoms with Crippen molar-refractivity contribution in [2.24, 2.45) is 4.99 Å². The first-order chi connectivity index (χ1) is 11.6. The molecule has 1 N–H and O–H groups in total. The fraction of sp³-hybridized carbons (Fsp3) is 0.118. The number of methoxy groups -OCH3 is 1. The van der Waals surface area contributed by atoms with Gasteiger partial charge in [0.05, 0.1) is 12.8 Å². The first-order valence-electron chi connectivity index (χ1n) is 7.02. The lowest BCUT2D eigenvalue weighted by atomic mass is 10.2. The number of aliphatic imine (C=N–C) groups is 1. The Morgan fingerprint density at radius 2 is 2.00 bits per heavy atom. The Bertz CT molecular complexity index is 720. The van der Waals surface area contributed by atoms with E-state index in [1.807, 2.05) is 18.2 Å². The number of nitrogens with zero attached hydrogens (tertiary/aromatic N) is 2. The summed E-state index contributed by atoms with van der Waals surface area (Å²) in [6, 6.07) is 9.06. The van der Waals surface area contributed by atoms with Crippen LogP contribution in [0.2, 0.25) is 0 Å². The molecule has 1 aliphatic heterocycles. The fourth-order valence-electron chi connectivity index (χ4n) is 1.79. The second kappa shape index (κ2) is 8.44. The molecule has 124 valence electrons. The molecule has 1 aromatic carbocycles. The van der Waals surface area contributed by atoms with Gasteiger partial charge in [-0.05, 0) is 23.8 Å². The lowest BCUT2D eigenvalue weighted by Crippen LogP contribution is -2.19. The topological polar surface area (TPSA) is 88.4 Å². The second-order valence-corrected chi connectivity index (χ2v) is 4.64. The second-order valence-electron chi connectivity index (χ2n) is 4.64. The Balaban J connectivity index is 2.12. The SMILES string of the molecule is COC(=O)C(/C=C1/C=CC=CN1O)=N\C(=O)OCc1ccccc1. The summed E-state index contributed by atoms with van der Waals surface area (Å²) < 4.78 is 9.59. The molecule has 1 aliphatic rings. The van der Waals surface area contributed by atoms with E-state index < -0.39 is 12.1 Å². The zero-order valence-electron chi connectivity index (χ0n) is 13.0. The zero-order chi connectivity index (χ0) is 17.4. The van der Waals surface area contributed by atoms with Crippen LogP contribution in [0.15, 0.2) is 71.5 Å². The van der Waals surface area contributed by atoms with Crippen molar-refractivity contribution in [3.8, 4) is 0 Å². The van der Waals surface area contributed by atoms with Crippen LogP contribution in [0.4, 0.5) is 4.79 Å². The molecule has 0 aromatic heterocycles. The number of hydrogen-bond donors (Lipinski definition) is 1. The molecule has 0 spiro atoms. The van der Waals surface area contributed by atoms with E-state index in [4.69, 9.17) is 4.74 Å². The molecule has 0 saturated carbocycles. The highest BCUT2D eigenvalue weighted by Crippen LogP contribution is 2.10. The highest BCUT2D eigenvalue weighted by molar-refractivity contribution is 6.42. The molecule has 0 saturated heterocycles. The highest BCUT2D eigenvalue weighted by atomic mass is 16.5. The van der Waals surface area contributed by atoms with E-state index in [-0.39, 0.29) is 18.0 Å². The normalized spacial score (nSPS) is 15.5. The summed E-state index contributed by atoms with van der Waals surface area (Å²) in [4.78, 5) is 27.2. The van der Waals surface area contributed by atoms with Gasteiger partial charge < -0.3 is 9.47 Å². The highest BCUT2D eigenvalue weighted by Gasteiger charge is 2.15. The molecule has 24 heavy (non-hydrogen) atoms. The van der Waals surface area contributed by atoms with Crippen LogP contribution in [0, 0.1) is 0 Å². The van der Waals surface area contributed by atoms with Gasteiger partial charge in [-0.2, -0.15) is 4.99 Å². The van der Waals surface area contributed by atoms with Crippen molar-refractivity contribution in [2.75, 3.05) is 7.11 Å². The maximum Gasteiger partial charge on any atom is 0.434 e. The predicted octanol–water partition coefficient (Wildman–Crippen LogP) is 2.60. The van der Waals surface area contributed by atoms with Gasteiger partial charge in [-0.3, -0.25) is 5.21 Å². The monoisotopic (exact) mass is 328 g/mol. The van der Waals surface area contributed by atoms with Crippen molar-refractivity contribution in [3.63, 3.8) is 0 Å². The number of esters is 1. The van der Waals surface area contributed by atoms with E-state index in [9.17, 15) is 14.8 Å². The van der Waals surface area contributed by atoms with Crippen molar-refractivity contribution in [1.82, 2.24) is 5.06 Å². The van der Waals surface area contributed by atoms with Crippen molar-refractivity contribution >= 4 is 17.8 Å². The van der Waals surface area contributed by atoms with Gasteiger partial charge >= 0.3 is 12.1 Å². The Morgan fingerprint density at radius 3 is 2.67 bits per heavy atom. The summed E-state index contributed by atoms with van der Waals surface area (Å²) in [5.74, 6) is -0.824. The average molecular weight is 328 g/mol. The van der Waals surface area contributed by atoms with Gasteiger partial charge in [-0.25, -0.2) is 14.7 Å². The Morgan fingerprint density at radius 1 is 1.25 bits per heavy atom. The number of rotatable bonds is 4. The molecule has 0 unspecified atom stereocenters. The van der Waals surface area contributed by atoms with Crippen LogP contribution in [-0.2, 0) is 20.9 Å². The Labute approximate surface area is 138 Å². The molecular weight excluding hydrogens is 312 g/mol. The molecule has 0 atom stereocenters. The van der Waals surface area contributed by atoms with Gasteiger partial charge in [0.2, 0.25) is 0 Å². The number of hydrogen-bond acceptors (Lipinski definition) is 6. The van der Waals surface area contributed by atoms with E-state index >= 15 is 0 Å². The molecule has 1 amide bonds. The third kappa shape index (κ3) is 4.92. The van der Waals surface area contributed by atoms with E-state index in [1.165, 1.54) is 25.5 Å². The standard InChI is InChI=1S/C17H16N2O5/c1-23-16(20)15(11-14-9-5-6-10-19(14)22)18-17(21)24-12-13-7-3-2-4-8-13/h2-11,22H,12H2,1H3/b14-11-,18-15-. The van der Waals surface area contributed by atoms with Gasteiger partial charge in [-0.15, -0.1) is 0 Å². The van der Waals surface area contributed by atoms with Gasteiger partial charge in [0, 0.05) is 6.20 Å². The predicted molar refractivity (Wildman–Crippen MR) is 86.1 cm³/mol. The minimum atomic E-state index is -0.934. The first kappa shape index (κ1) is 17.2. The summed E-state index contributed by atoms with van der Waals surface area (Å²) in [7, 11) is 1.17. The third-order valence-corrected chi connectivity index (χ3v) is 2.97. The maximum absolute atomic E-state index is 11.8. The van der Waals surface area contributed by atoms with Gasteiger partial charge in [-0.1, -0.05) is 36.4 Å². The van der Waals surface area contributed by atoms with Crippen molar-refractivity contribution in [2.45, 2.75) is 6.61 Å². The van der Waals surface area contributed by atoms with Crippen LogP contribution in [-0.4, -0.2) is 35.2 Å². The number of carbonyl (C=O) groups excluding carboxylic acids is 2. The van der Waals surface area contributed by atoms with Crippen LogP contribution in [0.1, 0.15) is 5.56 Å². The van der Waals surface area contributed by atoms with Crippen LogP contribution >= 0.6 is 0 Å². The Hall–Kier alpha value is -3.19. The number of amides is 1. The quantitative estimate of drug-likeness (QED) is 0.675. The minimum Gasteiger partial charge on any atom is -0.464 e. The van der Waals surface area contributed by atoms with E-state index in [0.29, 0.717) is 0 Å². The van der Waals surface area contributed by atoms with Crippen molar-refractivity contribution in [3.05, 3.63) is 72.1 Å². The van der Waals surface area contributed by atoms with Crippen LogP contribution in [0.3, 0.4) is 0 Å². The average Bonchev–Trinajstić information content (AvgIpc) is 2.61.